The number of allylic oxidation sites excluding steroid dienone is 6. The summed E-state index contributed by atoms with van der Waals surface area (Å²) in [4.78, 5) is 34.7. The van der Waals surface area contributed by atoms with Crippen LogP contribution in [0.1, 0.15) is 51.2 Å². The van der Waals surface area contributed by atoms with Crippen LogP contribution in [-0.4, -0.2) is 35.8 Å². The maximum atomic E-state index is 13.3. The van der Waals surface area contributed by atoms with Crippen LogP contribution in [0.15, 0.2) is 71.6 Å². The molecule has 2 heterocycles. The van der Waals surface area contributed by atoms with Crippen molar-refractivity contribution in [2.24, 2.45) is 5.41 Å². The Kier molecular flexibility index (Phi) is 8.53. The Bertz CT molecular complexity index is 1180. The minimum atomic E-state index is -0.403. The normalized spacial score (nSPS) is 16.1. The number of ether oxygens (including phenoxy) is 2. The first kappa shape index (κ1) is 25.8. The average molecular weight is 473 g/mol. The number of carbonyl (C=O) groups is 2. The molecule has 0 saturated heterocycles. The van der Waals surface area contributed by atoms with Crippen molar-refractivity contribution < 1.29 is 19.1 Å². The average Bonchev–Trinajstić information content (AvgIpc) is 2.85. The number of hydrogen-bond acceptors (Lipinski definition) is 6. The van der Waals surface area contributed by atoms with Gasteiger partial charge in [-0.25, -0.2) is 9.97 Å². The molecule has 0 bridgehead atoms. The number of ketones is 2. The van der Waals surface area contributed by atoms with Gasteiger partial charge in [0.2, 0.25) is 11.8 Å². The monoisotopic (exact) mass is 472 g/mol. The lowest BCUT2D eigenvalue weighted by Gasteiger charge is -2.32. The molecule has 0 unspecified atom stereocenters. The van der Waals surface area contributed by atoms with Gasteiger partial charge in [-0.3, -0.25) is 9.59 Å². The molecule has 0 spiro atoms. The van der Waals surface area contributed by atoms with Crippen LogP contribution in [0, 0.1) is 5.41 Å². The van der Waals surface area contributed by atoms with E-state index in [0.717, 1.165) is 30.4 Å². The van der Waals surface area contributed by atoms with Crippen LogP contribution in [0.5, 0.6) is 11.8 Å². The van der Waals surface area contributed by atoms with Gasteiger partial charge < -0.3 is 9.47 Å². The molecule has 0 fully saturated rings. The Balaban J connectivity index is 1.92. The smallest absolute Gasteiger partial charge is 0.212 e. The van der Waals surface area contributed by atoms with Crippen molar-refractivity contribution in [2.45, 2.75) is 40.0 Å². The van der Waals surface area contributed by atoms with Gasteiger partial charge >= 0.3 is 0 Å². The van der Waals surface area contributed by atoms with Crippen LogP contribution in [-0.2, 0) is 9.59 Å². The van der Waals surface area contributed by atoms with E-state index in [-0.39, 0.29) is 16.8 Å². The van der Waals surface area contributed by atoms with Gasteiger partial charge in [-0.05, 0) is 84.7 Å². The van der Waals surface area contributed by atoms with Gasteiger partial charge in [0.15, 0.2) is 11.6 Å². The lowest BCUT2D eigenvalue weighted by Crippen LogP contribution is -2.19. The van der Waals surface area contributed by atoms with Crippen molar-refractivity contribution in [1.29, 1.82) is 0 Å². The second kappa shape index (κ2) is 11.6. The molecule has 1 aliphatic rings. The predicted octanol–water partition coefficient (Wildman–Crippen LogP) is 5.81. The molecule has 0 aromatic carbocycles. The lowest BCUT2D eigenvalue weighted by molar-refractivity contribution is -0.116. The van der Waals surface area contributed by atoms with E-state index >= 15 is 0 Å². The van der Waals surface area contributed by atoms with Crippen molar-refractivity contribution in [3.8, 4) is 11.8 Å². The Morgan fingerprint density at radius 3 is 1.97 bits per heavy atom. The van der Waals surface area contributed by atoms with Crippen LogP contribution < -0.4 is 9.47 Å². The number of rotatable bonds is 9. The highest BCUT2D eigenvalue weighted by Crippen LogP contribution is 2.40. The molecular formula is C29H32N2O4. The van der Waals surface area contributed by atoms with E-state index in [0.29, 0.717) is 17.3 Å². The molecule has 0 aliphatic heterocycles. The number of pyridine rings is 2. The molecule has 2 aromatic rings. The highest BCUT2D eigenvalue weighted by molar-refractivity contribution is 6.30. The molecule has 3 rings (SSSR count). The maximum absolute atomic E-state index is 13.3. The van der Waals surface area contributed by atoms with Crippen LogP contribution >= 0.6 is 0 Å². The van der Waals surface area contributed by atoms with Gasteiger partial charge in [0.05, 0.1) is 19.8 Å². The van der Waals surface area contributed by atoms with Gasteiger partial charge in [0.1, 0.15) is 0 Å². The zero-order valence-electron chi connectivity index (χ0n) is 21.0. The van der Waals surface area contributed by atoms with Gasteiger partial charge in [0.25, 0.3) is 0 Å². The quantitative estimate of drug-likeness (QED) is 0.260. The summed E-state index contributed by atoms with van der Waals surface area (Å²) < 4.78 is 10.2. The van der Waals surface area contributed by atoms with Crippen molar-refractivity contribution in [1.82, 2.24) is 9.97 Å². The van der Waals surface area contributed by atoms with Crippen molar-refractivity contribution in [3.05, 3.63) is 82.7 Å². The second-order valence-electron chi connectivity index (χ2n) is 9.15. The molecule has 35 heavy (non-hydrogen) atoms. The molecule has 6 nitrogen and oxygen atoms in total. The summed E-state index contributed by atoms with van der Waals surface area (Å²) in [5, 5.41) is 0. The fourth-order valence-electron chi connectivity index (χ4n) is 4.16. The van der Waals surface area contributed by atoms with Gasteiger partial charge in [-0.2, -0.15) is 0 Å². The fraction of sp³-hybridized carbons (Fsp3) is 0.310. The molecule has 0 saturated carbocycles. The van der Waals surface area contributed by atoms with Crippen LogP contribution in [0.25, 0.3) is 12.2 Å². The number of methoxy groups -OCH3 is 2. The molecule has 182 valence electrons. The van der Waals surface area contributed by atoms with Crippen molar-refractivity contribution in [3.63, 3.8) is 0 Å². The third kappa shape index (κ3) is 6.85. The lowest BCUT2D eigenvalue weighted by atomic mass is 9.72. The molecule has 0 atom stereocenters. The summed E-state index contributed by atoms with van der Waals surface area (Å²) in [7, 11) is 3.07. The van der Waals surface area contributed by atoms with E-state index in [1.807, 2.05) is 6.08 Å². The SMILES string of the molecule is COc1ccc(/C=C/C(=O)/C(=C/c2ccc(OC)nc2)C(=O)/C=C/C2=C(C)CCCC2(C)C)cn1. The molecule has 6 heteroatoms. The molecule has 0 radical (unpaired) electrons. The Morgan fingerprint density at radius 1 is 0.886 bits per heavy atom. The molecule has 0 N–H and O–H groups in total. The van der Waals surface area contributed by atoms with Gasteiger partial charge in [-0.1, -0.05) is 25.5 Å². The summed E-state index contributed by atoms with van der Waals surface area (Å²) in [6.45, 7) is 6.49. The predicted molar refractivity (Wildman–Crippen MR) is 138 cm³/mol. The maximum Gasteiger partial charge on any atom is 0.212 e. The van der Waals surface area contributed by atoms with E-state index in [9.17, 15) is 9.59 Å². The summed E-state index contributed by atoms with van der Waals surface area (Å²) in [6.07, 6.45) is 14.4. The van der Waals surface area contributed by atoms with E-state index < -0.39 is 5.78 Å². The highest BCUT2D eigenvalue weighted by Gasteiger charge is 2.27. The van der Waals surface area contributed by atoms with Crippen molar-refractivity contribution >= 4 is 23.7 Å². The van der Waals surface area contributed by atoms with E-state index in [1.165, 1.54) is 31.9 Å². The highest BCUT2D eigenvalue weighted by atomic mass is 16.5. The molecule has 1 aliphatic carbocycles. The Morgan fingerprint density at radius 2 is 1.46 bits per heavy atom. The number of hydrogen-bond donors (Lipinski definition) is 0. The molecule has 2 aromatic heterocycles. The minimum absolute atomic E-state index is 0.00578. The number of nitrogens with zero attached hydrogens (tertiary/aromatic N) is 2. The van der Waals surface area contributed by atoms with Crippen LogP contribution in [0.4, 0.5) is 0 Å². The number of aromatic nitrogens is 2. The molecule has 0 amide bonds. The van der Waals surface area contributed by atoms with Crippen molar-refractivity contribution in [2.75, 3.05) is 14.2 Å². The Hall–Kier alpha value is -3.80. The Labute approximate surface area is 207 Å². The van der Waals surface area contributed by atoms with Gasteiger partial charge in [0, 0.05) is 24.5 Å². The third-order valence-electron chi connectivity index (χ3n) is 6.15. The first-order valence-corrected chi connectivity index (χ1v) is 11.6. The van der Waals surface area contributed by atoms with E-state index in [4.69, 9.17) is 9.47 Å². The largest absolute Gasteiger partial charge is 0.481 e. The van der Waals surface area contributed by atoms with E-state index in [1.54, 1.807) is 48.8 Å². The standard InChI is InChI=1S/C29H32N2O4/c1-20-7-6-16-29(2,3)24(20)11-13-26(33)23(17-22-10-15-28(35-5)31-19-22)25(32)12-8-21-9-14-27(34-4)30-18-21/h8-15,17-19H,6-7,16H2,1-5H3/b12-8+,13-11+,23-17-. The zero-order chi connectivity index (χ0) is 25.4. The summed E-state index contributed by atoms with van der Waals surface area (Å²) in [5.41, 5.74) is 3.84. The topological polar surface area (TPSA) is 78.4 Å². The minimum Gasteiger partial charge on any atom is -0.481 e. The zero-order valence-corrected chi connectivity index (χ0v) is 21.0. The first-order valence-electron chi connectivity index (χ1n) is 11.6. The summed E-state index contributed by atoms with van der Waals surface area (Å²) in [6, 6.07) is 6.93. The second-order valence-corrected chi connectivity index (χ2v) is 9.15. The molecular weight excluding hydrogens is 440 g/mol. The summed E-state index contributed by atoms with van der Waals surface area (Å²) in [5.74, 6) is 0.177. The fourth-order valence-corrected chi connectivity index (χ4v) is 4.16. The third-order valence-corrected chi connectivity index (χ3v) is 6.15. The van der Waals surface area contributed by atoms with Crippen LogP contribution in [0.3, 0.4) is 0 Å². The van der Waals surface area contributed by atoms with E-state index in [2.05, 4.69) is 30.7 Å². The number of carbonyl (C=O) groups excluding carboxylic acids is 2. The summed E-state index contributed by atoms with van der Waals surface area (Å²) >= 11 is 0. The van der Waals surface area contributed by atoms with Gasteiger partial charge in [-0.15, -0.1) is 0 Å². The van der Waals surface area contributed by atoms with Crippen LogP contribution in [0.2, 0.25) is 0 Å². The first-order chi connectivity index (χ1) is 16.7.